The van der Waals surface area contributed by atoms with E-state index in [2.05, 4.69) is 6.58 Å². The van der Waals surface area contributed by atoms with Gasteiger partial charge in [-0.25, -0.2) is 0 Å². The van der Waals surface area contributed by atoms with E-state index in [4.69, 9.17) is 23.2 Å². The Kier molecular flexibility index (Phi) is 3.78. The lowest BCUT2D eigenvalue weighted by Crippen LogP contribution is -2.41. The Balaban J connectivity index is 3.24. The van der Waals surface area contributed by atoms with Crippen molar-refractivity contribution in [2.24, 2.45) is 0 Å². The molecule has 0 spiro atoms. The first-order valence-corrected chi connectivity index (χ1v) is 5.31. The minimum absolute atomic E-state index is 0.228. The minimum Gasteiger partial charge on any atom is -0.283 e. The van der Waals surface area contributed by atoms with Gasteiger partial charge in [-0.1, -0.05) is 35.9 Å². The summed E-state index contributed by atoms with van der Waals surface area (Å²) in [5.74, 6) is 0. The Morgan fingerprint density at radius 3 is 2.62 bits per heavy atom. The zero-order valence-corrected chi connectivity index (χ0v) is 10.5. The van der Waals surface area contributed by atoms with Crippen LogP contribution in [0.2, 0.25) is 0 Å². The van der Waals surface area contributed by atoms with Crippen molar-refractivity contribution in [1.29, 1.82) is 0 Å². The van der Waals surface area contributed by atoms with Crippen LogP contribution in [0.15, 0.2) is 35.4 Å². The van der Waals surface area contributed by atoms with Gasteiger partial charge in [-0.3, -0.25) is 15.0 Å². The molecule has 0 N–H and O–H groups in total. The van der Waals surface area contributed by atoms with Crippen molar-refractivity contribution < 1.29 is 4.92 Å². The van der Waals surface area contributed by atoms with Gasteiger partial charge in [0.25, 0.3) is 6.04 Å². The van der Waals surface area contributed by atoms with Crippen molar-refractivity contribution in [3.63, 3.8) is 0 Å². The molecule has 0 heterocycles. The van der Waals surface area contributed by atoms with Gasteiger partial charge in [-0.05, 0) is 20.2 Å². The van der Waals surface area contributed by atoms with Crippen LogP contribution < -0.4 is 0 Å². The lowest BCUT2D eigenvalue weighted by atomic mass is 9.97. The van der Waals surface area contributed by atoms with Gasteiger partial charge in [0.15, 0.2) is 5.00 Å². The van der Waals surface area contributed by atoms with Crippen molar-refractivity contribution >= 4 is 23.2 Å². The molecule has 0 fully saturated rings. The van der Waals surface area contributed by atoms with Gasteiger partial charge in [0.2, 0.25) is 0 Å². The number of likely N-dealkylation sites (N-methyl/N-ethyl adjacent to an activating group) is 1. The van der Waals surface area contributed by atoms with Gasteiger partial charge in [-0.15, -0.1) is 0 Å². The summed E-state index contributed by atoms with van der Waals surface area (Å²) in [6.45, 7) is 3.54. The largest absolute Gasteiger partial charge is 0.283 e. The average Bonchev–Trinajstić information content (AvgIpc) is 2.20. The van der Waals surface area contributed by atoms with Crippen LogP contribution in [0.4, 0.5) is 0 Å². The number of nitrogens with zero attached hydrogens (tertiary/aromatic N) is 2. The van der Waals surface area contributed by atoms with Crippen molar-refractivity contribution in [3.8, 4) is 0 Å². The molecule has 6 heteroatoms. The van der Waals surface area contributed by atoms with E-state index in [0.29, 0.717) is 5.57 Å². The van der Waals surface area contributed by atoms with Crippen LogP contribution in [-0.4, -0.2) is 35.0 Å². The number of alkyl halides is 1. The third-order valence-corrected chi connectivity index (χ3v) is 3.61. The molecule has 0 unspecified atom stereocenters. The van der Waals surface area contributed by atoms with Crippen LogP contribution in [-0.2, 0) is 0 Å². The topological polar surface area (TPSA) is 46.4 Å². The van der Waals surface area contributed by atoms with Crippen LogP contribution in [0.5, 0.6) is 0 Å². The fourth-order valence-electron chi connectivity index (χ4n) is 1.43. The summed E-state index contributed by atoms with van der Waals surface area (Å²) < 4.78 is 0. The van der Waals surface area contributed by atoms with Crippen LogP contribution in [0.1, 0.15) is 0 Å². The second-order valence-electron chi connectivity index (χ2n) is 3.66. The molecule has 0 saturated heterocycles. The molecule has 0 bridgehead atoms. The van der Waals surface area contributed by atoms with Gasteiger partial charge < -0.3 is 0 Å². The Morgan fingerprint density at radius 1 is 1.69 bits per heavy atom. The molecule has 0 aromatic carbocycles. The highest BCUT2D eigenvalue weighted by Gasteiger charge is 2.39. The van der Waals surface area contributed by atoms with Crippen LogP contribution >= 0.6 is 23.2 Å². The number of hydrogen-bond acceptors (Lipinski definition) is 3. The molecule has 2 atom stereocenters. The summed E-state index contributed by atoms with van der Waals surface area (Å²) in [7, 11) is 3.49. The molecule has 0 aromatic heterocycles. The lowest BCUT2D eigenvalue weighted by molar-refractivity contribution is -0.499. The predicted molar refractivity (Wildman–Crippen MR) is 65.3 cm³/mol. The quantitative estimate of drug-likeness (QED) is 0.340. The van der Waals surface area contributed by atoms with E-state index in [9.17, 15) is 10.1 Å². The molecule has 0 aliphatic heterocycles. The van der Waals surface area contributed by atoms with Gasteiger partial charge in [-0.2, -0.15) is 0 Å². The summed E-state index contributed by atoms with van der Waals surface area (Å²) in [5.41, 5.74) is 0.443. The first-order valence-electron chi connectivity index (χ1n) is 4.55. The van der Waals surface area contributed by atoms with E-state index in [0.717, 1.165) is 0 Å². The minimum atomic E-state index is -1.03. The average molecular weight is 263 g/mol. The Morgan fingerprint density at radius 2 is 2.25 bits per heavy atom. The number of halogens is 2. The standard InChI is InChI=1S/C10H12Cl2N2O2/c1-4-7-6-10(12,13(2)3)9(11)5-8(7)14(15)16/h4-6,8H,1H2,2-3H3/t8-,10-/m0/s1. The second-order valence-corrected chi connectivity index (χ2v) is 4.64. The van der Waals surface area contributed by atoms with E-state index in [1.165, 1.54) is 12.2 Å². The molecule has 4 nitrogen and oxygen atoms in total. The molecular formula is C10H12Cl2N2O2. The highest BCUT2D eigenvalue weighted by molar-refractivity contribution is 6.40. The van der Waals surface area contributed by atoms with Crippen molar-refractivity contribution in [2.45, 2.75) is 11.0 Å². The molecule has 1 aliphatic rings. The Labute approximate surface area is 104 Å². The van der Waals surface area contributed by atoms with Gasteiger partial charge in [0.05, 0.1) is 5.03 Å². The van der Waals surface area contributed by atoms with E-state index in [1.54, 1.807) is 25.1 Å². The molecule has 16 heavy (non-hydrogen) atoms. The third kappa shape index (κ3) is 2.14. The number of nitro groups is 1. The van der Waals surface area contributed by atoms with E-state index in [-0.39, 0.29) is 5.03 Å². The molecule has 0 aromatic rings. The molecule has 0 radical (unpaired) electrons. The zero-order valence-electron chi connectivity index (χ0n) is 8.98. The summed E-state index contributed by atoms with van der Waals surface area (Å²) in [4.78, 5) is 11.0. The first-order chi connectivity index (χ1) is 7.32. The molecule has 0 amide bonds. The zero-order chi connectivity index (χ0) is 12.5. The smallest absolute Gasteiger partial charge is 0.257 e. The van der Waals surface area contributed by atoms with E-state index < -0.39 is 16.0 Å². The molecular weight excluding hydrogens is 251 g/mol. The maximum Gasteiger partial charge on any atom is 0.257 e. The number of rotatable bonds is 3. The maximum atomic E-state index is 10.8. The van der Waals surface area contributed by atoms with Crippen LogP contribution in [0.25, 0.3) is 0 Å². The lowest BCUT2D eigenvalue weighted by Gasteiger charge is -2.34. The second kappa shape index (κ2) is 4.57. The highest BCUT2D eigenvalue weighted by atomic mass is 35.5. The van der Waals surface area contributed by atoms with Crippen molar-refractivity contribution in [2.75, 3.05) is 14.1 Å². The molecule has 88 valence electrons. The summed E-state index contributed by atoms with van der Waals surface area (Å²) in [6.07, 6.45) is 4.32. The predicted octanol–water partition coefficient (Wildman–Crippen LogP) is 2.38. The first kappa shape index (κ1) is 13.2. The van der Waals surface area contributed by atoms with Crippen molar-refractivity contribution in [1.82, 2.24) is 4.90 Å². The number of hydrogen-bond donors (Lipinski definition) is 0. The van der Waals surface area contributed by atoms with E-state index >= 15 is 0 Å². The fraction of sp³-hybridized carbons (Fsp3) is 0.400. The van der Waals surface area contributed by atoms with E-state index in [1.807, 2.05) is 0 Å². The third-order valence-electron chi connectivity index (χ3n) is 2.45. The SMILES string of the molecule is C=CC1=C[C@](Cl)(N(C)C)C(Cl)=C[C@@H]1[N+](=O)[O-]. The highest BCUT2D eigenvalue weighted by Crippen LogP contribution is 2.38. The van der Waals surface area contributed by atoms with Gasteiger partial charge in [0, 0.05) is 16.6 Å². The normalized spacial score (nSPS) is 29.7. The molecule has 1 rings (SSSR count). The Hall–Kier alpha value is -0.840. The van der Waals surface area contributed by atoms with Crippen molar-refractivity contribution in [3.05, 3.63) is 45.5 Å². The molecule has 0 saturated carbocycles. The summed E-state index contributed by atoms with van der Waals surface area (Å²) >= 11 is 12.3. The van der Waals surface area contributed by atoms with Crippen LogP contribution in [0.3, 0.4) is 0 Å². The molecule has 1 aliphatic carbocycles. The summed E-state index contributed by atoms with van der Waals surface area (Å²) in [5, 5.41) is 11.0. The van der Waals surface area contributed by atoms with Crippen LogP contribution in [0, 0.1) is 10.1 Å². The maximum absolute atomic E-state index is 10.8. The van der Waals surface area contributed by atoms with Gasteiger partial charge in [0.1, 0.15) is 0 Å². The van der Waals surface area contributed by atoms with Gasteiger partial charge >= 0.3 is 0 Å². The summed E-state index contributed by atoms with van der Waals surface area (Å²) in [6, 6.07) is -0.975. The fourth-order valence-corrected chi connectivity index (χ4v) is 1.96. The monoisotopic (exact) mass is 262 g/mol. The Bertz CT molecular complexity index is 390.